The number of ether oxygens (including phenoxy) is 1. The maximum Gasteiger partial charge on any atom is 0.0946 e. The molecule has 0 bridgehead atoms. The minimum Gasteiger partial charge on any atom is -0.380 e. The Morgan fingerprint density at radius 1 is 1.20 bits per heavy atom. The summed E-state index contributed by atoms with van der Waals surface area (Å²) in [7, 11) is 0. The van der Waals surface area contributed by atoms with Gasteiger partial charge in [-0.05, 0) is 24.6 Å². The third-order valence-electron chi connectivity index (χ3n) is 3.86. The van der Waals surface area contributed by atoms with Gasteiger partial charge in [0.25, 0.3) is 0 Å². The van der Waals surface area contributed by atoms with E-state index < -0.39 is 0 Å². The van der Waals surface area contributed by atoms with Crippen molar-refractivity contribution in [2.24, 2.45) is 0 Å². The van der Waals surface area contributed by atoms with Crippen LogP contribution in [0.25, 0.3) is 0 Å². The van der Waals surface area contributed by atoms with E-state index in [9.17, 15) is 0 Å². The molecule has 0 aliphatic carbocycles. The molecule has 1 aromatic heterocycles. The van der Waals surface area contributed by atoms with E-state index in [1.165, 1.54) is 25.7 Å². The summed E-state index contributed by atoms with van der Waals surface area (Å²) in [6.07, 6.45) is 11.9. The quantitative estimate of drug-likeness (QED) is 0.307. The van der Waals surface area contributed by atoms with Crippen molar-refractivity contribution in [1.29, 1.82) is 0 Å². The maximum atomic E-state index is 6.32. The van der Waals surface area contributed by atoms with Gasteiger partial charge in [0, 0.05) is 35.5 Å². The molecule has 6 heteroatoms. The van der Waals surface area contributed by atoms with Gasteiger partial charge in [-0.15, -0.1) is 11.8 Å². The third kappa shape index (κ3) is 8.04. The van der Waals surface area contributed by atoms with Crippen molar-refractivity contribution in [3.8, 4) is 0 Å². The van der Waals surface area contributed by atoms with E-state index in [0.717, 1.165) is 24.5 Å². The zero-order valence-corrected chi connectivity index (χ0v) is 17.0. The SMILES string of the molecule is CCCCCCCOCC(Cn1ccnc1)Sc1ccc(Cl)cc1Cl. The largest absolute Gasteiger partial charge is 0.380 e. The van der Waals surface area contributed by atoms with Crippen molar-refractivity contribution >= 4 is 35.0 Å². The molecule has 2 rings (SSSR count). The summed E-state index contributed by atoms with van der Waals surface area (Å²) in [5.74, 6) is 0. The van der Waals surface area contributed by atoms with Gasteiger partial charge in [0.1, 0.15) is 0 Å². The fourth-order valence-corrected chi connectivity index (χ4v) is 4.16. The van der Waals surface area contributed by atoms with Gasteiger partial charge in [0.15, 0.2) is 0 Å². The van der Waals surface area contributed by atoms with E-state index in [2.05, 4.69) is 16.5 Å². The van der Waals surface area contributed by atoms with E-state index in [1.54, 1.807) is 24.0 Å². The first-order chi connectivity index (χ1) is 12.2. The fourth-order valence-electron chi connectivity index (χ4n) is 2.53. The van der Waals surface area contributed by atoms with Crippen LogP contribution < -0.4 is 0 Å². The number of rotatable bonds is 12. The number of thioether (sulfide) groups is 1. The lowest BCUT2D eigenvalue weighted by Crippen LogP contribution is -2.19. The van der Waals surface area contributed by atoms with Crippen molar-refractivity contribution in [3.05, 3.63) is 47.0 Å². The smallest absolute Gasteiger partial charge is 0.0946 e. The second kappa shape index (κ2) is 11.8. The van der Waals surface area contributed by atoms with Crippen LogP contribution in [-0.4, -0.2) is 28.0 Å². The minimum absolute atomic E-state index is 0.267. The third-order valence-corrected chi connectivity index (χ3v) is 5.75. The normalized spacial score (nSPS) is 12.4. The summed E-state index contributed by atoms with van der Waals surface area (Å²) in [6, 6.07) is 5.63. The molecule has 0 N–H and O–H groups in total. The number of halogens is 2. The Morgan fingerprint density at radius 3 is 2.76 bits per heavy atom. The van der Waals surface area contributed by atoms with Crippen LogP contribution >= 0.6 is 35.0 Å². The molecule has 0 aliphatic rings. The molecule has 0 amide bonds. The van der Waals surface area contributed by atoms with E-state index >= 15 is 0 Å². The predicted octanol–water partition coefficient (Wildman–Crippen LogP) is 6.34. The monoisotopic (exact) mass is 400 g/mol. The van der Waals surface area contributed by atoms with Gasteiger partial charge in [-0.3, -0.25) is 0 Å². The lowest BCUT2D eigenvalue weighted by Gasteiger charge is -2.18. The van der Waals surface area contributed by atoms with E-state index in [1.807, 2.05) is 24.7 Å². The molecule has 1 aromatic carbocycles. The maximum absolute atomic E-state index is 6.32. The highest BCUT2D eigenvalue weighted by Crippen LogP contribution is 2.33. The summed E-state index contributed by atoms with van der Waals surface area (Å²) in [4.78, 5) is 5.15. The zero-order chi connectivity index (χ0) is 17.9. The molecule has 0 spiro atoms. The lowest BCUT2D eigenvalue weighted by molar-refractivity contribution is 0.128. The van der Waals surface area contributed by atoms with Crippen LogP contribution in [0, 0.1) is 0 Å². The van der Waals surface area contributed by atoms with Gasteiger partial charge >= 0.3 is 0 Å². The molecule has 0 aliphatic heterocycles. The topological polar surface area (TPSA) is 27.1 Å². The highest BCUT2D eigenvalue weighted by atomic mass is 35.5. The highest BCUT2D eigenvalue weighted by Gasteiger charge is 2.14. The fraction of sp³-hybridized carbons (Fsp3) is 0.526. The number of hydrogen-bond acceptors (Lipinski definition) is 3. The Labute approximate surface area is 165 Å². The van der Waals surface area contributed by atoms with E-state index in [0.29, 0.717) is 16.7 Å². The second-order valence-electron chi connectivity index (χ2n) is 6.06. The first-order valence-electron chi connectivity index (χ1n) is 8.84. The molecule has 0 saturated heterocycles. The van der Waals surface area contributed by atoms with Crippen LogP contribution in [0.5, 0.6) is 0 Å². The number of hydrogen-bond donors (Lipinski definition) is 0. The van der Waals surface area contributed by atoms with Crippen LogP contribution in [-0.2, 0) is 11.3 Å². The van der Waals surface area contributed by atoms with E-state index in [-0.39, 0.29) is 5.25 Å². The Balaban J connectivity index is 1.84. The molecule has 0 saturated carbocycles. The van der Waals surface area contributed by atoms with Crippen molar-refractivity contribution in [1.82, 2.24) is 9.55 Å². The molecule has 138 valence electrons. The summed E-state index contributed by atoms with van der Waals surface area (Å²) >= 11 is 14.0. The minimum atomic E-state index is 0.267. The average molecular weight is 401 g/mol. The molecular weight excluding hydrogens is 375 g/mol. The van der Waals surface area contributed by atoms with Gasteiger partial charge < -0.3 is 9.30 Å². The van der Waals surface area contributed by atoms with Gasteiger partial charge in [-0.2, -0.15) is 0 Å². The van der Waals surface area contributed by atoms with Crippen LogP contribution in [0.3, 0.4) is 0 Å². The highest BCUT2D eigenvalue weighted by molar-refractivity contribution is 8.00. The molecule has 25 heavy (non-hydrogen) atoms. The Hall–Kier alpha value is -0.680. The number of unbranched alkanes of at least 4 members (excludes halogenated alkanes) is 4. The number of benzene rings is 1. The van der Waals surface area contributed by atoms with Crippen LogP contribution in [0.4, 0.5) is 0 Å². The van der Waals surface area contributed by atoms with Crippen molar-refractivity contribution in [2.75, 3.05) is 13.2 Å². The molecule has 1 unspecified atom stereocenters. The van der Waals surface area contributed by atoms with Crippen LogP contribution in [0.2, 0.25) is 10.0 Å². The molecule has 0 radical (unpaired) electrons. The number of nitrogens with zero attached hydrogens (tertiary/aromatic N) is 2. The summed E-state index contributed by atoms with van der Waals surface area (Å²) < 4.78 is 8.01. The Morgan fingerprint density at radius 2 is 2.04 bits per heavy atom. The zero-order valence-electron chi connectivity index (χ0n) is 14.7. The summed E-state index contributed by atoms with van der Waals surface area (Å²) in [5, 5.41) is 1.61. The molecule has 3 nitrogen and oxygen atoms in total. The van der Waals surface area contributed by atoms with Gasteiger partial charge in [-0.1, -0.05) is 55.8 Å². The second-order valence-corrected chi connectivity index (χ2v) is 8.25. The molecule has 0 fully saturated rings. The molecule has 1 atom stereocenters. The van der Waals surface area contributed by atoms with Crippen molar-refractivity contribution in [2.45, 2.75) is 55.7 Å². The standard InChI is InChI=1S/C19H26Cl2N2OS/c1-2-3-4-5-6-11-24-14-17(13-23-10-9-22-15-23)25-19-8-7-16(20)12-18(19)21/h7-10,12,15,17H,2-6,11,13-14H2,1H3. The molecule has 1 heterocycles. The lowest BCUT2D eigenvalue weighted by atomic mass is 10.2. The number of aromatic nitrogens is 2. The Kier molecular flexibility index (Phi) is 9.77. The van der Waals surface area contributed by atoms with Crippen molar-refractivity contribution < 1.29 is 4.74 Å². The van der Waals surface area contributed by atoms with Gasteiger partial charge in [0.05, 0.1) is 23.2 Å². The molecular formula is C19H26Cl2N2OS. The van der Waals surface area contributed by atoms with Gasteiger partial charge in [0.2, 0.25) is 0 Å². The number of imidazole rings is 1. The van der Waals surface area contributed by atoms with Crippen LogP contribution in [0.15, 0.2) is 41.8 Å². The first kappa shape index (κ1) is 20.6. The van der Waals surface area contributed by atoms with Crippen LogP contribution in [0.1, 0.15) is 39.0 Å². The molecule has 2 aromatic rings. The summed E-state index contributed by atoms with van der Waals surface area (Å²) in [6.45, 7) is 4.57. The first-order valence-corrected chi connectivity index (χ1v) is 10.5. The Bertz CT molecular complexity index is 607. The van der Waals surface area contributed by atoms with Crippen molar-refractivity contribution in [3.63, 3.8) is 0 Å². The van der Waals surface area contributed by atoms with Gasteiger partial charge in [-0.25, -0.2) is 4.98 Å². The van der Waals surface area contributed by atoms with E-state index in [4.69, 9.17) is 27.9 Å². The average Bonchev–Trinajstić information content (AvgIpc) is 3.09. The predicted molar refractivity (Wildman–Crippen MR) is 108 cm³/mol. The summed E-state index contributed by atoms with van der Waals surface area (Å²) in [5.41, 5.74) is 0.